The summed E-state index contributed by atoms with van der Waals surface area (Å²) in [5.41, 5.74) is 2.31. The lowest BCUT2D eigenvalue weighted by atomic mass is 9.78. The molecule has 2 aliphatic rings. The standard InChI is InChI=1S/C25H36N2O4S/c1-5-7-8-16(6-2)14-31-17-9-10-18(22(28)11-17)26-19-12-25(3,4)13-20-23(19)32-15-21(27-20)24(29)30/h9-11,16,21,27-28H,5-8,12-15H2,1-4H3,(H,29,30)/b26-19+. The Kier molecular flexibility index (Phi) is 8.15. The van der Waals surface area contributed by atoms with E-state index in [2.05, 4.69) is 33.0 Å². The fraction of sp³-hybridized carbons (Fsp3) is 0.600. The van der Waals surface area contributed by atoms with Gasteiger partial charge in [0.1, 0.15) is 23.2 Å². The van der Waals surface area contributed by atoms with Crippen molar-refractivity contribution in [2.45, 2.75) is 72.3 Å². The molecule has 1 aliphatic carbocycles. The number of aliphatic carboxylic acids is 1. The topological polar surface area (TPSA) is 91.2 Å². The summed E-state index contributed by atoms with van der Waals surface area (Å²) in [6.45, 7) is 9.35. The predicted octanol–water partition coefficient (Wildman–Crippen LogP) is 5.88. The normalized spacial score (nSPS) is 22.2. The number of carboxylic acid groups (broad SMARTS) is 1. The van der Waals surface area contributed by atoms with Crippen molar-refractivity contribution in [1.29, 1.82) is 0 Å². The molecule has 0 amide bonds. The van der Waals surface area contributed by atoms with E-state index in [1.54, 1.807) is 23.9 Å². The molecule has 0 spiro atoms. The highest BCUT2D eigenvalue weighted by Crippen LogP contribution is 2.44. The van der Waals surface area contributed by atoms with Gasteiger partial charge in [-0.2, -0.15) is 0 Å². The van der Waals surface area contributed by atoms with Gasteiger partial charge in [-0.15, -0.1) is 11.8 Å². The Balaban J connectivity index is 1.78. The van der Waals surface area contributed by atoms with E-state index in [0.29, 0.717) is 29.7 Å². The molecule has 0 saturated heterocycles. The van der Waals surface area contributed by atoms with Crippen LogP contribution < -0.4 is 10.1 Å². The summed E-state index contributed by atoms with van der Waals surface area (Å²) in [6.07, 6.45) is 6.19. The van der Waals surface area contributed by atoms with E-state index in [1.165, 1.54) is 12.8 Å². The number of hydrogen-bond acceptors (Lipinski definition) is 6. The van der Waals surface area contributed by atoms with E-state index in [4.69, 9.17) is 9.73 Å². The number of phenolic OH excluding ortho intramolecular Hbond substituents is 1. The number of nitrogens with one attached hydrogen (secondary N) is 1. The van der Waals surface area contributed by atoms with E-state index in [1.807, 2.05) is 6.07 Å². The number of carbonyl (C=O) groups is 1. The molecule has 176 valence electrons. The van der Waals surface area contributed by atoms with Gasteiger partial charge in [0.2, 0.25) is 0 Å². The average molecular weight is 461 g/mol. The summed E-state index contributed by atoms with van der Waals surface area (Å²) >= 11 is 1.54. The van der Waals surface area contributed by atoms with Crippen molar-refractivity contribution in [3.8, 4) is 11.5 Å². The lowest BCUT2D eigenvalue weighted by Crippen LogP contribution is -2.44. The number of aliphatic imine (C=N–C) groups is 1. The maximum Gasteiger partial charge on any atom is 0.326 e. The monoisotopic (exact) mass is 460 g/mol. The number of thioether (sulfide) groups is 1. The third-order valence-corrected chi connectivity index (χ3v) is 7.38. The van der Waals surface area contributed by atoms with E-state index in [9.17, 15) is 15.0 Å². The first-order valence-electron chi connectivity index (χ1n) is 11.6. The van der Waals surface area contributed by atoms with Gasteiger partial charge in [-0.05, 0) is 42.7 Å². The molecular weight excluding hydrogens is 424 g/mol. The molecule has 0 radical (unpaired) electrons. The molecule has 1 aromatic carbocycles. The highest BCUT2D eigenvalue weighted by Gasteiger charge is 2.37. The van der Waals surface area contributed by atoms with Gasteiger partial charge in [-0.3, -0.25) is 0 Å². The van der Waals surface area contributed by atoms with E-state index < -0.39 is 12.0 Å². The average Bonchev–Trinajstić information content (AvgIpc) is 2.74. The molecule has 2 atom stereocenters. The van der Waals surface area contributed by atoms with Gasteiger partial charge in [0.05, 0.1) is 12.3 Å². The van der Waals surface area contributed by atoms with E-state index >= 15 is 0 Å². The Morgan fingerprint density at radius 1 is 1.34 bits per heavy atom. The van der Waals surface area contributed by atoms with Crippen molar-refractivity contribution >= 4 is 29.1 Å². The zero-order valence-corrected chi connectivity index (χ0v) is 20.4. The molecule has 0 aromatic heterocycles. The molecule has 7 heteroatoms. The van der Waals surface area contributed by atoms with Crippen molar-refractivity contribution in [1.82, 2.24) is 5.32 Å². The fourth-order valence-corrected chi connectivity index (χ4v) is 5.35. The molecule has 6 nitrogen and oxygen atoms in total. The lowest BCUT2D eigenvalue weighted by molar-refractivity contribution is -0.138. The van der Waals surface area contributed by atoms with E-state index in [0.717, 1.165) is 42.0 Å². The van der Waals surface area contributed by atoms with Crippen LogP contribution in [-0.2, 0) is 4.79 Å². The van der Waals surface area contributed by atoms with Crippen LogP contribution in [0.2, 0.25) is 0 Å². The van der Waals surface area contributed by atoms with Gasteiger partial charge >= 0.3 is 5.97 Å². The first-order valence-corrected chi connectivity index (χ1v) is 12.6. The van der Waals surface area contributed by atoms with Gasteiger partial charge in [0, 0.05) is 22.4 Å². The number of aromatic hydroxyl groups is 1. The number of ether oxygens (including phenoxy) is 1. The number of phenols is 1. The quantitative estimate of drug-likeness (QED) is 0.426. The zero-order chi connectivity index (χ0) is 23.3. The molecule has 1 aliphatic heterocycles. The van der Waals surface area contributed by atoms with Gasteiger partial charge in [0.25, 0.3) is 0 Å². The van der Waals surface area contributed by atoms with Gasteiger partial charge < -0.3 is 20.3 Å². The molecule has 3 N–H and O–H groups in total. The third-order valence-electron chi connectivity index (χ3n) is 6.11. The second kappa shape index (κ2) is 10.6. The number of benzene rings is 1. The summed E-state index contributed by atoms with van der Waals surface area (Å²) in [5.74, 6) is 0.905. The molecule has 0 bridgehead atoms. The van der Waals surface area contributed by atoms with Crippen molar-refractivity contribution in [3.63, 3.8) is 0 Å². The van der Waals surface area contributed by atoms with Crippen LogP contribution in [0.25, 0.3) is 0 Å². The highest BCUT2D eigenvalue weighted by atomic mass is 32.2. The van der Waals surface area contributed by atoms with Crippen molar-refractivity contribution in [2.75, 3.05) is 12.4 Å². The van der Waals surface area contributed by atoms with Crippen molar-refractivity contribution in [2.24, 2.45) is 16.3 Å². The minimum atomic E-state index is -0.834. The Morgan fingerprint density at radius 2 is 2.12 bits per heavy atom. The van der Waals surface area contributed by atoms with Gasteiger partial charge in [0.15, 0.2) is 0 Å². The van der Waals surface area contributed by atoms with Crippen molar-refractivity contribution in [3.05, 3.63) is 28.8 Å². The van der Waals surface area contributed by atoms with Crippen LogP contribution >= 0.6 is 11.8 Å². The minimum Gasteiger partial charge on any atom is -0.506 e. The Morgan fingerprint density at radius 3 is 2.78 bits per heavy atom. The Bertz CT molecular complexity index is 894. The summed E-state index contributed by atoms with van der Waals surface area (Å²) in [4.78, 5) is 17.3. The highest BCUT2D eigenvalue weighted by molar-refractivity contribution is 8.04. The first kappa shape index (κ1) is 24.5. The zero-order valence-electron chi connectivity index (χ0n) is 19.6. The largest absolute Gasteiger partial charge is 0.506 e. The lowest BCUT2D eigenvalue weighted by Gasteiger charge is -2.38. The van der Waals surface area contributed by atoms with Crippen LogP contribution in [0.15, 0.2) is 33.8 Å². The van der Waals surface area contributed by atoms with Crippen LogP contribution in [0, 0.1) is 11.3 Å². The smallest absolute Gasteiger partial charge is 0.326 e. The summed E-state index contributed by atoms with van der Waals surface area (Å²) in [7, 11) is 0. The second-order valence-electron chi connectivity index (χ2n) is 9.61. The van der Waals surface area contributed by atoms with Crippen LogP contribution in [0.5, 0.6) is 11.5 Å². The first-order chi connectivity index (χ1) is 15.2. The maximum atomic E-state index is 11.4. The summed E-state index contributed by atoms with van der Waals surface area (Å²) in [6, 6.07) is 4.72. The summed E-state index contributed by atoms with van der Waals surface area (Å²) < 4.78 is 5.95. The third kappa shape index (κ3) is 6.21. The van der Waals surface area contributed by atoms with Crippen LogP contribution in [0.1, 0.15) is 66.2 Å². The number of rotatable bonds is 9. The van der Waals surface area contributed by atoms with Crippen LogP contribution in [0.3, 0.4) is 0 Å². The maximum absolute atomic E-state index is 11.4. The van der Waals surface area contributed by atoms with Crippen LogP contribution in [0.4, 0.5) is 5.69 Å². The molecule has 3 rings (SSSR count). The predicted molar refractivity (Wildman–Crippen MR) is 131 cm³/mol. The van der Waals surface area contributed by atoms with Crippen molar-refractivity contribution < 1.29 is 19.7 Å². The van der Waals surface area contributed by atoms with Gasteiger partial charge in [-0.25, -0.2) is 9.79 Å². The molecular formula is C25H36N2O4S. The fourth-order valence-electron chi connectivity index (χ4n) is 4.20. The molecule has 1 heterocycles. The molecule has 0 fully saturated rings. The summed E-state index contributed by atoms with van der Waals surface area (Å²) in [5, 5.41) is 23.2. The molecule has 0 saturated carbocycles. The second-order valence-corrected chi connectivity index (χ2v) is 10.6. The molecule has 2 unspecified atom stereocenters. The molecule has 1 aromatic rings. The Labute approximate surface area is 195 Å². The van der Waals surface area contributed by atoms with E-state index in [-0.39, 0.29) is 11.2 Å². The van der Waals surface area contributed by atoms with Crippen LogP contribution in [-0.4, -0.2) is 40.3 Å². The number of hydrogen-bond donors (Lipinski definition) is 3. The number of unbranched alkanes of at least 4 members (excludes halogenated alkanes) is 1. The Hall–Kier alpha value is -2.15. The minimum absolute atomic E-state index is 0.0437. The number of carboxylic acids is 1. The van der Waals surface area contributed by atoms with Gasteiger partial charge in [-0.1, -0.05) is 47.0 Å². The SMILES string of the molecule is CCCCC(CC)COc1ccc(/N=C2\CC(C)(C)CC3=C2SCC(C(=O)O)N3)c(O)c1. The number of allylic oxidation sites excluding steroid dienone is 2. The number of nitrogens with zero attached hydrogens (tertiary/aromatic N) is 1. The molecule has 32 heavy (non-hydrogen) atoms.